The summed E-state index contributed by atoms with van der Waals surface area (Å²) in [4.78, 5) is 13.2. The van der Waals surface area contributed by atoms with Crippen LogP contribution in [-0.2, 0) is 21.0 Å². The average Bonchev–Trinajstić information content (AvgIpc) is 3.06. The Morgan fingerprint density at radius 1 is 1.23 bits per heavy atom. The predicted molar refractivity (Wildman–Crippen MR) is 102 cm³/mol. The molecule has 1 aromatic heterocycles. The van der Waals surface area contributed by atoms with Crippen molar-refractivity contribution >= 4 is 33.3 Å². The third-order valence-electron chi connectivity index (χ3n) is 4.47. The van der Waals surface area contributed by atoms with Crippen molar-refractivity contribution in [2.45, 2.75) is 18.0 Å². The van der Waals surface area contributed by atoms with Crippen LogP contribution in [0.15, 0.2) is 33.7 Å². The van der Waals surface area contributed by atoms with Crippen LogP contribution in [0.4, 0.5) is 19.0 Å². The van der Waals surface area contributed by atoms with Crippen molar-refractivity contribution in [1.82, 2.24) is 14.4 Å². The van der Waals surface area contributed by atoms with Gasteiger partial charge in [0.1, 0.15) is 10.7 Å². The third-order valence-corrected chi connectivity index (χ3v) is 6.85. The van der Waals surface area contributed by atoms with E-state index >= 15 is 0 Å². The summed E-state index contributed by atoms with van der Waals surface area (Å²) in [5, 5.41) is 5.93. The summed E-state index contributed by atoms with van der Waals surface area (Å²) in [5.41, 5.74) is -1.09. The number of nitrogens with one attached hydrogen (secondary N) is 1. The molecule has 1 aromatic carbocycles. The minimum atomic E-state index is -4.69. The molecule has 30 heavy (non-hydrogen) atoms. The van der Waals surface area contributed by atoms with E-state index in [0.717, 1.165) is 16.4 Å². The number of anilines is 1. The van der Waals surface area contributed by atoms with Gasteiger partial charge in [0.25, 0.3) is 0 Å². The van der Waals surface area contributed by atoms with Crippen LogP contribution >= 0.6 is 11.6 Å². The predicted octanol–water partition coefficient (Wildman–Crippen LogP) is 2.60. The van der Waals surface area contributed by atoms with Gasteiger partial charge in [-0.05, 0) is 25.1 Å². The first kappa shape index (κ1) is 22.5. The summed E-state index contributed by atoms with van der Waals surface area (Å²) in [5.74, 6) is 0.468. The molecule has 2 aromatic rings. The summed E-state index contributed by atoms with van der Waals surface area (Å²) in [6.45, 7) is 2.14. The second-order valence-electron chi connectivity index (χ2n) is 6.69. The van der Waals surface area contributed by atoms with E-state index in [-0.39, 0.29) is 49.5 Å². The zero-order chi connectivity index (χ0) is 22.1. The zero-order valence-electron chi connectivity index (χ0n) is 15.7. The van der Waals surface area contributed by atoms with E-state index in [0.29, 0.717) is 11.8 Å². The van der Waals surface area contributed by atoms with Crippen LogP contribution in [0.1, 0.15) is 11.3 Å². The fraction of sp³-hybridized carbons (Fsp3) is 0.412. The van der Waals surface area contributed by atoms with E-state index in [4.69, 9.17) is 16.1 Å². The summed E-state index contributed by atoms with van der Waals surface area (Å²) < 4.78 is 70.4. The number of rotatable bonds is 5. The highest BCUT2D eigenvalue weighted by atomic mass is 35.5. The van der Waals surface area contributed by atoms with E-state index in [1.807, 2.05) is 0 Å². The lowest BCUT2D eigenvalue weighted by molar-refractivity contribution is -0.137. The van der Waals surface area contributed by atoms with Crippen LogP contribution in [0.25, 0.3) is 0 Å². The molecular formula is C17H18ClF3N4O4S. The van der Waals surface area contributed by atoms with Crippen molar-refractivity contribution in [3.63, 3.8) is 0 Å². The molecule has 0 radical (unpaired) electrons. The van der Waals surface area contributed by atoms with E-state index in [2.05, 4.69) is 10.5 Å². The summed E-state index contributed by atoms with van der Waals surface area (Å²) >= 11 is 5.88. The molecule has 0 unspecified atom stereocenters. The Hall–Kier alpha value is -2.15. The molecule has 13 heteroatoms. The molecule has 164 valence electrons. The van der Waals surface area contributed by atoms with Gasteiger partial charge in [0.15, 0.2) is 5.82 Å². The van der Waals surface area contributed by atoms with Crippen LogP contribution in [0, 0.1) is 6.92 Å². The van der Waals surface area contributed by atoms with Crippen LogP contribution in [0.3, 0.4) is 0 Å². The minimum absolute atomic E-state index is 0.00408. The van der Waals surface area contributed by atoms with Gasteiger partial charge in [0, 0.05) is 32.2 Å². The Labute approximate surface area is 175 Å². The quantitative estimate of drug-likeness (QED) is 0.727. The van der Waals surface area contributed by atoms with Crippen LogP contribution in [0.5, 0.6) is 0 Å². The van der Waals surface area contributed by atoms with Crippen LogP contribution in [-0.4, -0.2) is 61.4 Å². The van der Waals surface area contributed by atoms with Gasteiger partial charge in [-0.3, -0.25) is 9.69 Å². The first-order valence-corrected chi connectivity index (χ1v) is 10.6. The van der Waals surface area contributed by atoms with Gasteiger partial charge in [0.2, 0.25) is 15.9 Å². The number of sulfonamides is 1. The van der Waals surface area contributed by atoms with Gasteiger partial charge in [-0.2, -0.15) is 17.5 Å². The highest BCUT2D eigenvalue weighted by Crippen LogP contribution is 2.34. The first-order chi connectivity index (χ1) is 14.0. The summed E-state index contributed by atoms with van der Waals surface area (Å²) in [7, 11) is -4.22. The molecular weight excluding hydrogens is 449 g/mol. The normalized spacial score (nSPS) is 16.6. The number of carbonyl (C=O) groups is 1. The van der Waals surface area contributed by atoms with Crippen LogP contribution < -0.4 is 5.32 Å². The number of hydrogen-bond acceptors (Lipinski definition) is 6. The van der Waals surface area contributed by atoms with Gasteiger partial charge in [-0.15, -0.1) is 0 Å². The third kappa shape index (κ3) is 5.12. The van der Waals surface area contributed by atoms with Crippen molar-refractivity contribution in [2.24, 2.45) is 0 Å². The molecule has 1 fully saturated rings. The molecule has 1 amide bonds. The van der Waals surface area contributed by atoms with Crippen molar-refractivity contribution in [1.29, 1.82) is 0 Å². The van der Waals surface area contributed by atoms with Gasteiger partial charge >= 0.3 is 6.18 Å². The lowest BCUT2D eigenvalue weighted by atomic mass is 10.2. The molecule has 0 spiro atoms. The number of aromatic nitrogens is 1. The fourth-order valence-electron chi connectivity index (χ4n) is 2.96. The Morgan fingerprint density at radius 3 is 2.47 bits per heavy atom. The number of benzene rings is 1. The molecule has 1 aliphatic heterocycles. The van der Waals surface area contributed by atoms with Crippen molar-refractivity contribution in [3.8, 4) is 0 Å². The van der Waals surface area contributed by atoms with E-state index in [9.17, 15) is 26.4 Å². The highest BCUT2D eigenvalue weighted by molar-refractivity contribution is 7.89. The molecule has 1 saturated heterocycles. The molecule has 0 atom stereocenters. The Morgan fingerprint density at radius 2 is 1.90 bits per heavy atom. The molecule has 2 heterocycles. The smallest absolute Gasteiger partial charge is 0.360 e. The fourth-order valence-corrected chi connectivity index (χ4v) is 4.88. The van der Waals surface area contributed by atoms with Crippen LogP contribution in [0.2, 0.25) is 5.02 Å². The topological polar surface area (TPSA) is 95.8 Å². The maximum Gasteiger partial charge on any atom is 0.416 e. The SMILES string of the molecule is Cc1cc(NC(=O)CN2CCN(S(=O)(=O)c3cc(C(F)(F)F)ccc3Cl)CC2)no1. The number of piperazine rings is 1. The number of aryl methyl sites for hydroxylation is 1. The number of carbonyl (C=O) groups excluding carboxylic acids is 1. The first-order valence-electron chi connectivity index (χ1n) is 8.79. The maximum absolute atomic E-state index is 13.0. The zero-order valence-corrected chi connectivity index (χ0v) is 17.3. The van der Waals surface area contributed by atoms with Gasteiger partial charge in [0.05, 0.1) is 17.1 Å². The molecule has 0 bridgehead atoms. The Bertz CT molecular complexity index is 1030. The Kier molecular flexibility index (Phi) is 6.41. The number of hydrogen-bond donors (Lipinski definition) is 1. The van der Waals surface area contributed by atoms with E-state index in [1.165, 1.54) is 0 Å². The van der Waals surface area contributed by atoms with Crippen molar-refractivity contribution < 1.29 is 30.9 Å². The number of amides is 1. The molecule has 0 saturated carbocycles. The Balaban J connectivity index is 1.63. The molecule has 1 N–H and O–H groups in total. The lowest BCUT2D eigenvalue weighted by Gasteiger charge is -2.33. The average molecular weight is 467 g/mol. The second-order valence-corrected chi connectivity index (χ2v) is 9.01. The standard InChI is InChI=1S/C17H18ClF3N4O4S/c1-11-8-15(23-29-11)22-16(26)10-24-4-6-25(7-5-24)30(27,28)14-9-12(17(19,20)21)2-3-13(14)18/h2-3,8-9H,4-7,10H2,1H3,(H,22,23,26). The summed E-state index contributed by atoms with van der Waals surface area (Å²) in [6.07, 6.45) is -4.69. The van der Waals surface area contributed by atoms with Crippen molar-refractivity contribution in [3.05, 3.63) is 40.6 Å². The van der Waals surface area contributed by atoms with Crippen molar-refractivity contribution in [2.75, 3.05) is 38.0 Å². The number of alkyl halides is 3. The van der Waals surface area contributed by atoms with E-state index < -0.39 is 26.7 Å². The number of halogens is 4. The van der Waals surface area contributed by atoms with Gasteiger partial charge < -0.3 is 9.84 Å². The largest absolute Gasteiger partial charge is 0.416 e. The molecule has 3 rings (SSSR count). The maximum atomic E-state index is 13.0. The second kappa shape index (κ2) is 8.53. The molecule has 0 aliphatic carbocycles. The highest BCUT2D eigenvalue weighted by Gasteiger charge is 2.35. The molecule has 1 aliphatic rings. The number of nitrogens with zero attached hydrogens (tertiary/aromatic N) is 3. The minimum Gasteiger partial charge on any atom is -0.360 e. The van der Waals surface area contributed by atoms with Gasteiger partial charge in [-0.25, -0.2) is 8.42 Å². The monoisotopic (exact) mass is 466 g/mol. The summed E-state index contributed by atoms with van der Waals surface area (Å²) in [6, 6.07) is 3.75. The van der Waals surface area contributed by atoms with Gasteiger partial charge in [-0.1, -0.05) is 16.8 Å². The van der Waals surface area contributed by atoms with E-state index in [1.54, 1.807) is 17.9 Å². The molecule has 8 nitrogen and oxygen atoms in total. The lowest BCUT2D eigenvalue weighted by Crippen LogP contribution is -2.50.